The predicted molar refractivity (Wildman–Crippen MR) is 75.3 cm³/mol. The molecule has 0 bridgehead atoms. The summed E-state index contributed by atoms with van der Waals surface area (Å²) in [6.07, 6.45) is 1.26. The maximum atomic E-state index is 10.1. The van der Waals surface area contributed by atoms with E-state index in [1.165, 1.54) is 10.4 Å². The van der Waals surface area contributed by atoms with Gasteiger partial charge in [0.15, 0.2) is 0 Å². The van der Waals surface area contributed by atoms with Crippen molar-refractivity contribution in [2.75, 3.05) is 7.11 Å². The number of rotatable bonds is 5. The molecule has 96 valence electrons. The molecule has 1 atom stereocenters. The summed E-state index contributed by atoms with van der Waals surface area (Å²) in [6, 6.07) is 10.1. The van der Waals surface area contributed by atoms with Gasteiger partial charge in [-0.2, -0.15) is 0 Å². The standard InChI is InChI=1S/C15H18O2S/c1-11-9-13(10-18-11)15(16)8-5-12-3-6-14(17-2)7-4-12/h3-4,6-7,9-10,15-16H,5,8H2,1-2H3. The molecular weight excluding hydrogens is 244 g/mol. The van der Waals surface area contributed by atoms with Gasteiger partial charge in [0.2, 0.25) is 0 Å². The second-order valence-corrected chi connectivity index (χ2v) is 5.51. The molecule has 2 aromatic rings. The summed E-state index contributed by atoms with van der Waals surface area (Å²) in [7, 11) is 1.66. The Morgan fingerprint density at radius 2 is 2.00 bits per heavy atom. The summed E-state index contributed by atoms with van der Waals surface area (Å²) in [5.74, 6) is 0.868. The van der Waals surface area contributed by atoms with E-state index in [0.717, 1.165) is 24.2 Å². The molecule has 0 aliphatic carbocycles. The van der Waals surface area contributed by atoms with Crippen molar-refractivity contribution in [1.82, 2.24) is 0 Å². The predicted octanol–water partition coefficient (Wildman–Crippen LogP) is 3.73. The van der Waals surface area contributed by atoms with Crippen molar-refractivity contribution in [2.45, 2.75) is 25.9 Å². The summed E-state index contributed by atoms with van der Waals surface area (Å²) in [6.45, 7) is 2.06. The van der Waals surface area contributed by atoms with Gasteiger partial charge in [0, 0.05) is 4.88 Å². The van der Waals surface area contributed by atoms with E-state index in [1.807, 2.05) is 29.6 Å². The minimum Gasteiger partial charge on any atom is -0.497 e. The van der Waals surface area contributed by atoms with E-state index in [9.17, 15) is 5.11 Å². The van der Waals surface area contributed by atoms with Crippen molar-refractivity contribution in [3.63, 3.8) is 0 Å². The van der Waals surface area contributed by atoms with Crippen molar-refractivity contribution in [3.8, 4) is 5.75 Å². The van der Waals surface area contributed by atoms with Gasteiger partial charge in [-0.15, -0.1) is 11.3 Å². The van der Waals surface area contributed by atoms with Gasteiger partial charge >= 0.3 is 0 Å². The first-order valence-electron chi connectivity index (χ1n) is 6.05. The molecule has 3 heteroatoms. The molecule has 1 unspecified atom stereocenters. The second-order valence-electron chi connectivity index (χ2n) is 4.39. The highest BCUT2D eigenvalue weighted by atomic mass is 32.1. The van der Waals surface area contributed by atoms with Crippen molar-refractivity contribution in [2.24, 2.45) is 0 Å². The van der Waals surface area contributed by atoms with Crippen LogP contribution in [0.1, 0.15) is 28.5 Å². The van der Waals surface area contributed by atoms with Crippen molar-refractivity contribution in [3.05, 3.63) is 51.7 Å². The molecule has 0 saturated heterocycles. The molecule has 2 nitrogen and oxygen atoms in total. The Bertz CT molecular complexity index is 487. The van der Waals surface area contributed by atoms with Crippen LogP contribution in [0.2, 0.25) is 0 Å². The molecule has 0 amide bonds. The second kappa shape index (κ2) is 6.03. The fourth-order valence-electron chi connectivity index (χ4n) is 1.90. The lowest BCUT2D eigenvalue weighted by atomic mass is 10.0. The normalized spacial score (nSPS) is 12.4. The first-order valence-corrected chi connectivity index (χ1v) is 6.93. The Morgan fingerprint density at radius 3 is 2.56 bits per heavy atom. The number of ether oxygens (including phenoxy) is 1. The number of methoxy groups -OCH3 is 1. The topological polar surface area (TPSA) is 29.5 Å². The average Bonchev–Trinajstić information content (AvgIpc) is 2.83. The van der Waals surface area contributed by atoms with E-state index < -0.39 is 0 Å². The van der Waals surface area contributed by atoms with Gasteiger partial charge in [-0.05, 0) is 54.5 Å². The Morgan fingerprint density at radius 1 is 1.28 bits per heavy atom. The minimum absolute atomic E-state index is 0.364. The lowest BCUT2D eigenvalue weighted by molar-refractivity contribution is 0.168. The quantitative estimate of drug-likeness (QED) is 0.889. The van der Waals surface area contributed by atoms with Crippen LogP contribution in [0.3, 0.4) is 0 Å². The summed E-state index contributed by atoms with van der Waals surface area (Å²) in [4.78, 5) is 1.24. The van der Waals surface area contributed by atoms with Crippen LogP contribution in [0.15, 0.2) is 35.7 Å². The first kappa shape index (κ1) is 13.1. The van der Waals surface area contributed by atoms with Crippen LogP contribution in [0.5, 0.6) is 5.75 Å². The largest absolute Gasteiger partial charge is 0.497 e. The molecule has 1 aromatic heterocycles. The molecule has 0 aliphatic heterocycles. The average molecular weight is 262 g/mol. The Kier molecular flexibility index (Phi) is 4.39. The fourth-order valence-corrected chi connectivity index (χ4v) is 2.65. The molecular formula is C15H18O2S. The van der Waals surface area contributed by atoms with Gasteiger partial charge in [0.25, 0.3) is 0 Å². The van der Waals surface area contributed by atoms with Crippen molar-refractivity contribution in [1.29, 1.82) is 0 Å². The third-order valence-electron chi connectivity index (χ3n) is 3.00. The molecule has 0 fully saturated rings. The van der Waals surface area contributed by atoms with Crippen LogP contribution in [-0.4, -0.2) is 12.2 Å². The van der Waals surface area contributed by atoms with E-state index in [-0.39, 0.29) is 6.10 Å². The van der Waals surface area contributed by atoms with Crippen LogP contribution in [0, 0.1) is 6.92 Å². The Labute approximate surface area is 112 Å². The maximum absolute atomic E-state index is 10.1. The molecule has 0 radical (unpaired) electrons. The zero-order valence-electron chi connectivity index (χ0n) is 10.7. The van der Waals surface area contributed by atoms with Gasteiger partial charge < -0.3 is 9.84 Å². The van der Waals surface area contributed by atoms with Gasteiger partial charge in [-0.3, -0.25) is 0 Å². The van der Waals surface area contributed by atoms with E-state index in [4.69, 9.17) is 4.74 Å². The van der Waals surface area contributed by atoms with E-state index in [0.29, 0.717) is 0 Å². The zero-order valence-corrected chi connectivity index (χ0v) is 11.5. The number of aliphatic hydroxyl groups excluding tert-OH is 1. The van der Waals surface area contributed by atoms with Crippen LogP contribution in [-0.2, 0) is 6.42 Å². The summed E-state index contributed by atoms with van der Waals surface area (Å²) in [5.41, 5.74) is 2.26. The summed E-state index contributed by atoms with van der Waals surface area (Å²) >= 11 is 1.68. The van der Waals surface area contributed by atoms with Crippen LogP contribution >= 0.6 is 11.3 Å². The SMILES string of the molecule is COc1ccc(CCC(O)c2csc(C)c2)cc1. The van der Waals surface area contributed by atoms with E-state index in [1.54, 1.807) is 18.4 Å². The minimum atomic E-state index is -0.364. The third kappa shape index (κ3) is 3.34. The molecule has 0 spiro atoms. The number of hydrogen-bond donors (Lipinski definition) is 1. The highest BCUT2D eigenvalue weighted by molar-refractivity contribution is 7.10. The van der Waals surface area contributed by atoms with E-state index >= 15 is 0 Å². The smallest absolute Gasteiger partial charge is 0.118 e. The Balaban J connectivity index is 1.90. The monoisotopic (exact) mass is 262 g/mol. The number of aliphatic hydroxyl groups is 1. The first-order chi connectivity index (χ1) is 8.69. The van der Waals surface area contributed by atoms with Crippen LogP contribution in [0.25, 0.3) is 0 Å². The summed E-state index contributed by atoms with van der Waals surface area (Å²) < 4.78 is 5.12. The number of thiophene rings is 1. The van der Waals surface area contributed by atoms with Gasteiger partial charge in [-0.25, -0.2) is 0 Å². The number of hydrogen-bond acceptors (Lipinski definition) is 3. The molecule has 1 N–H and O–H groups in total. The van der Waals surface area contributed by atoms with Crippen molar-refractivity contribution < 1.29 is 9.84 Å². The number of aryl methyl sites for hydroxylation is 2. The highest BCUT2D eigenvalue weighted by Crippen LogP contribution is 2.24. The molecule has 2 rings (SSSR count). The number of benzene rings is 1. The lowest BCUT2D eigenvalue weighted by Crippen LogP contribution is -1.98. The molecule has 0 aliphatic rings. The molecule has 1 aromatic carbocycles. The van der Waals surface area contributed by atoms with Gasteiger partial charge in [0.1, 0.15) is 5.75 Å². The fraction of sp³-hybridized carbons (Fsp3) is 0.333. The lowest BCUT2D eigenvalue weighted by Gasteiger charge is -2.09. The maximum Gasteiger partial charge on any atom is 0.118 e. The highest BCUT2D eigenvalue weighted by Gasteiger charge is 2.09. The molecule has 1 heterocycles. The van der Waals surface area contributed by atoms with E-state index in [2.05, 4.69) is 13.0 Å². The third-order valence-corrected chi connectivity index (χ3v) is 3.88. The van der Waals surface area contributed by atoms with Crippen molar-refractivity contribution >= 4 is 11.3 Å². The van der Waals surface area contributed by atoms with Gasteiger partial charge in [-0.1, -0.05) is 12.1 Å². The Hall–Kier alpha value is -1.32. The molecule has 18 heavy (non-hydrogen) atoms. The van der Waals surface area contributed by atoms with Gasteiger partial charge in [0.05, 0.1) is 13.2 Å². The molecule has 0 saturated carbocycles. The van der Waals surface area contributed by atoms with Crippen LogP contribution in [0.4, 0.5) is 0 Å². The van der Waals surface area contributed by atoms with Crippen LogP contribution < -0.4 is 4.74 Å². The summed E-state index contributed by atoms with van der Waals surface area (Å²) in [5, 5.41) is 12.1. The zero-order chi connectivity index (χ0) is 13.0.